The molecule has 21 heavy (non-hydrogen) atoms. The smallest absolute Gasteiger partial charge is 0.331 e. The predicted octanol–water partition coefficient (Wildman–Crippen LogP) is 0.332. The topological polar surface area (TPSA) is 61.8 Å². The Labute approximate surface area is 124 Å². The molecule has 0 aromatic carbocycles. The highest BCUT2D eigenvalue weighted by molar-refractivity contribution is 5.89. The number of ether oxygens (including phenoxy) is 1. The van der Waals surface area contributed by atoms with Crippen molar-refractivity contribution in [3.8, 4) is 0 Å². The zero-order chi connectivity index (χ0) is 14.2. The van der Waals surface area contributed by atoms with Gasteiger partial charge in [-0.1, -0.05) is 6.42 Å². The van der Waals surface area contributed by atoms with Gasteiger partial charge in [0.05, 0.1) is 17.7 Å². The number of esters is 1. The summed E-state index contributed by atoms with van der Waals surface area (Å²) < 4.78 is 5.94. The third kappa shape index (κ3) is 1.40. The van der Waals surface area contributed by atoms with E-state index in [0.29, 0.717) is 12.1 Å². The second-order valence-corrected chi connectivity index (χ2v) is 7.53. The van der Waals surface area contributed by atoms with Crippen LogP contribution in [0.3, 0.4) is 0 Å². The molecule has 0 bridgehead atoms. The van der Waals surface area contributed by atoms with Gasteiger partial charge in [-0.15, -0.1) is 0 Å². The number of nitrogens with one attached hydrogen (secondary N) is 1. The van der Waals surface area contributed by atoms with Crippen LogP contribution in [0.25, 0.3) is 0 Å². The first-order chi connectivity index (χ1) is 10.1. The van der Waals surface area contributed by atoms with Crippen molar-refractivity contribution in [2.24, 2.45) is 0 Å². The Hall–Kier alpha value is -0.910. The number of aliphatic hydroxyl groups excluding tert-OH is 1. The number of carbonyl (C=O) groups excluding carboxylic acids is 1. The molecule has 0 aromatic rings. The molecule has 114 valence electrons. The molecule has 2 N–H and O–H groups in total. The van der Waals surface area contributed by atoms with Crippen molar-refractivity contribution in [1.29, 1.82) is 0 Å². The number of piperidine rings is 1. The van der Waals surface area contributed by atoms with Crippen LogP contribution in [0, 0.1) is 0 Å². The van der Waals surface area contributed by atoms with Crippen molar-refractivity contribution in [2.45, 2.75) is 67.9 Å². The van der Waals surface area contributed by atoms with Gasteiger partial charge < -0.3 is 15.2 Å². The lowest BCUT2D eigenvalue weighted by atomic mass is 9.57. The van der Waals surface area contributed by atoms with Crippen molar-refractivity contribution in [1.82, 2.24) is 10.2 Å². The Bertz CT molecular complexity index is 542. The average Bonchev–Trinajstić information content (AvgIpc) is 2.80. The Morgan fingerprint density at radius 1 is 1.38 bits per heavy atom. The van der Waals surface area contributed by atoms with Gasteiger partial charge in [-0.05, 0) is 44.2 Å². The fourth-order valence-corrected chi connectivity index (χ4v) is 5.50. The van der Waals surface area contributed by atoms with Gasteiger partial charge in [-0.25, -0.2) is 4.79 Å². The Morgan fingerprint density at radius 3 is 3.00 bits per heavy atom. The Balaban J connectivity index is 1.50. The molecule has 5 aliphatic rings. The molecule has 2 saturated heterocycles. The fourth-order valence-electron chi connectivity index (χ4n) is 5.50. The number of nitrogens with zero attached hydrogens (tertiary/aromatic N) is 1. The van der Waals surface area contributed by atoms with E-state index in [1.807, 2.05) is 0 Å². The third-order valence-electron chi connectivity index (χ3n) is 6.38. The number of aliphatic hydroxyl groups is 1. The first kappa shape index (κ1) is 12.6. The molecule has 2 unspecified atom stereocenters. The largest absolute Gasteiger partial charge is 0.448 e. The molecule has 2 aliphatic carbocycles. The van der Waals surface area contributed by atoms with E-state index in [1.54, 1.807) is 6.08 Å². The van der Waals surface area contributed by atoms with Crippen LogP contribution >= 0.6 is 0 Å². The number of hydrogen-bond donors (Lipinski definition) is 2. The van der Waals surface area contributed by atoms with Crippen LogP contribution in [0.1, 0.15) is 38.5 Å². The SMILES string of the molecule is O=C1C=C2CC3(NC4CC(O)C4)CN4CCCCC4[C@@]23O1. The van der Waals surface area contributed by atoms with Crippen LogP contribution in [0.5, 0.6) is 0 Å². The monoisotopic (exact) mass is 290 g/mol. The molecular weight excluding hydrogens is 268 g/mol. The van der Waals surface area contributed by atoms with Gasteiger partial charge in [-0.3, -0.25) is 4.90 Å². The molecule has 5 rings (SSSR count). The fraction of sp³-hybridized carbons (Fsp3) is 0.812. The normalized spacial score (nSPS) is 51.2. The molecule has 0 aromatic heterocycles. The highest BCUT2D eigenvalue weighted by Gasteiger charge is 2.76. The van der Waals surface area contributed by atoms with Crippen molar-refractivity contribution < 1.29 is 14.6 Å². The second kappa shape index (κ2) is 3.89. The maximum Gasteiger partial charge on any atom is 0.331 e. The van der Waals surface area contributed by atoms with Crippen LogP contribution in [0.4, 0.5) is 0 Å². The van der Waals surface area contributed by atoms with Crippen molar-refractivity contribution >= 4 is 5.97 Å². The highest BCUT2D eigenvalue weighted by atomic mass is 16.6. The van der Waals surface area contributed by atoms with E-state index in [-0.39, 0.29) is 17.6 Å². The van der Waals surface area contributed by atoms with Crippen LogP contribution in [-0.2, 0) is 9.53 Å². The summed E-state index contributed by atoms with van der Waals surface area (Å²) in [5.41, 5.74) is 0.699. The first-order valence-electron chi connectivity index (χ1n) is 8.27. The van der Waals surface area contributed by atoms with E-state index in [4.69, 9.17) is 4.74 Å². The predicted molar refractivity (Wildman–Crippen MR) is 75.6 cm³/mol. The molecule has 4 fully saturated rings. The molecule has 3 atom stereocenters. The minimum atomic E-state index is -0.398. The molecule has 1 spiro atoms. The zero-order valence-electron chi connectivity index (χ0n) is 12.2. The van der Waals surface area contributed by atoms with E-state index in [9.17, 15) is 9.90 Å². The molecule has 3 heterocycles. The summed E-state index contributed by atoms with van der Waals surface area (Å²) in [6.07, 6.45) is 7.77. The lowest BCUT2D eigenvalue weighted by Crippen LogP contribution is -2.75. The van der Waals surface area contributed by atoms with Crippen molar-refractivity contribution in [3.05, 3.63) is 11.6 Å². The highest BCUT2D eigenvalue weighted by Crippen LogP contribution is 2.62. The maximum atomic E-state index is 11.9. The second-order valence-electron chi connectivity index (χ2n) is 7.53. The molecule has 3 aliphatic heterocycles. The Kier molecular flexibility index (Phi) is 2.34. The zero-order valence-corrected chi connectivity index (χ0v) is 12.2. The minimum Gasteiger partial charge on any atom is -0.448 e. The molecule has 0 radical (unpaired) electrons. The van der Waals surface area contributed by atoms with Crippen molar-refractivity contribution in [3.63, 3.8) is 0 Å². The van der Waals surface area contributed by atoms with E-state index >= 15 is 0 Å². The van der Waals surface area contributed by atoms with E-state index in [2.05, 4.69) is 10.2 Å². The van der Waals surface area contributed by atoms with Gasteiger partial charge in [0, 0.05) is 18.7 Å². The molecule has 5 heteroatoms. The van der Waals surface area contributed by atoms with Gasteiger partial charge in [0.1, 0.15) is 0 Å². The summed E-state index contributed by atoms with van der Waals surface area (Å²) in [6.45, 7) is 2.10. The summed E-state index contributed by atoms with van der Waals surface area (Å²) >= 11 is 0. The summed E-state index contributed by atoms with van der Waals surface area (Å²) in [6, 6.07) is 0.731. The van der Waals surface area contributed by atoms with E-state index in [1.165, 1.54) is 18.4 Å². The van der Waals surface area contributed by atoms with Gasteiger partial charge >= 0.3 is 5.97 Å². The lowest BCUT2D eigenvalue weighted by molar-refractivity contribution is -0.162. The number of carbonyl (C=O) groups is 1. The van der Waals surface area contributed by atoms with Crippen LogP contribution in [0.15, 0.2) is 11.6 Å². The standard InChI is InChI=1S/C16H22N2O3/c19-12-6-11(7-12)17-15-8-10-5-14(20)21-16(10,15)13-3-1-2-4-18(13)9-15/h5,11-13,17,19H,1-4,6-9H2/t11?,12?,13?,15?,16-/m0/s1. The minimum absolute atomic E-state index is 0.106. The third-order valence-corrected chi connectivity index (χ3v) is 6.38. The molecule has 0 amide bonds. The number of hydrogen-bond acceptors (Lipinski definition) is 5. The average molecular weight is 290 g/mol. The van der Waals surface area contributed by atoms with Gasteiger partial charge in [0.2, 0.25) is 0 Å². The van der Waals surface area contributed by atoms with Crippen LogP contribution < -0.4 is 5.32 Å². The first-order valence-corrected chi connectivity index (χ1v) is 8.27. The number of rotatable bonds is 2. The molecular formula is C16H22N2O3. The maximum absolute atomic E-state index is 11.9. The summed E-state index contributed by atoms with van der Waals surface area (Å²) in [4.78, 5) is 14.4. The molecule has 5 nitrogen and oxygen atoms in total. The van der Waals surface area contributed by atoms with E-state index in [0.717, 1.165) is 38.8 Å². The van der Waals surface area contributed by atoms with Gasteiger partial charge in [0.15, 0.2) is 5.60 Å². The Morgan fingerprint density at radius 2 is 2.24 bits per heavy atom. The summed E-state index contributed by atoms with van der Waals surface area (Å²) in [5.74, 6) is -0.158. The molecule has 2 saturated carbocycles. The van der Waals surface area contributed by atoms with E-state index < -0.39 is 5.60 Å². The summed E-state index contributed by atoms with van der Waals surface area (Å²) in [5, 5.41) is 13.3. The summed E-state index contributed by atoms with van der Waals surface area (Å²) in [7, 11) is 0. The quantitative estimate of drug-likeness (QED) is 0.718. The van der Waals surface area contributed by atoms with Crippen LogP contribution in [-0.4, -0.2) is 58.4 Å². The van der Waals surface area contributed by atoms with Gasteiger partial charge in [-0.2, -0.15) is 0 Å². The van der Waals surface area contributed by atoms with Gasteiger partial charge in [0.25, 0.3) is 0 Å². The lowest BCUT2D eigenvalue weighted by Gasteiger charge is -2.57. The number of fused-ring (bicyclic) bond motifs is 1. The van der Waals surface area contributed by atoms with Crippen LogP contribution in [0.2, 0.25) is 0 Å². The van der Waals surface area contributed by atoms with Crippen molar-refractivity contribution in [2.75, 3.05) is 13.1 Å².